The largest absolute Gasteiger partial charge is 0.476 e. The summed E-state index contributed by atoms with van der Waals surface area (Å²) in [6.45, 7) is 0. The third kappa shape index (κ3) is 2.25. The first-order valence-electron chi connectivity index (χ1n) is 4.74. The number of aromatic carboxylic acids is 1. The Kier molecular flexibility index (Phi) is 2.95. The molecule has 98 valence electrons. The summed E-state index contributed by atoms with van der Waals surface area (Å²) < 4.78 is 30.9. The predicted molar refractivity (Wildman–Crippen MR) is 55.5 cm³/mol. The molecule has 0 fully saturated rings. The van der Waals surface area contributed by atoms with Gasteiger partial charge in [-0.05, 0) is 6.07 Å². The van der Waals surface area contributed by atoms with Gasteiger partial charge in [0.1, 0.15) is 0 Å². The molecule has 0 atom stereocenters. The smallest absolute Gasteiger partial charge is 0.358 e. The summed E-state index contributed by atoms with van der Waals surface area (Å²) in [5.41, 5.74) is -1.73. The van der Waals surface area contributed by atoms with E-state index in [0.717, 1.165) is 12.1 Å². The zero-order valence-electron chi connectivity index (χ0n) is 8.96. The van der Waals surface area contributed by atoms with E-state index in [-0.39, 0.29) is 11.3 Å². The van der Waals surface area contributed by atoms with E-state index in [0.29, 0.717) is 6.07 Å². The average Bonchev–Trinajstić information content (AvgIpc) is 2.81. The van der Waals surface area contributed by atoms with Crippen LogP contribution in [-0.4, -0.2) is 21.2 Å². The molecule has 1 heterocycles. The van der Waals surface area contributed by atoms with Gasteiger partial charge in [-0.1, -0.05) is 5.16 Å². The normalized spacial score (nSPS) is 10.4. The second kappa shape index (κ2) is 4.44. The Morgan fingerprint density at radius 2 is 2.05 bits per heavy atom. The molecule has 7 nitrogen and oxygen atoms in total. The van der Waals surface area contributed by atoms with E-state index in [1.165, 1.54) is 0 Å². The van der Waals surface area contributed by atoms with Gasteiger partial charge in [-0.25, -0.2) is 9.18 Å². The van der Waals surface area contributed by atoms with Crippen LogP contribution in [-0.2, 0) is 0 Å². The van der Waals surface area contributed by atoms with Crippen LogP contribution in [0.3, 0.4) is 0 Å². The molecule has 2 aromatic rings. The Labute approximate surface area is 103 Å². The molecule has 0 aliphatic rings. The van der Waals surface area contributed by atoms with Gasteiger partial charge in [-0.3, -0.25) is 10.1 Å². The van der Waals surface area contributed by atoms with Crippen molar-refractivity contribution >= 4 is 11.7 Å². The van der Waals surface area contributed by atoms with Crippen molar-refractivity contribution in [1.29, 1.82) is 0 Å². The SMILES string of the molecule is O=C(O)c1cc(-c2cc(F)c(F)c([N+](=O)[O-])c2)on1. The molecule has 1 aromatic heterocycles. The molecule has 0 saturated carbocycles. The molecular weight excluding hydrogens is 266 g/mol. The Morgan fingerprint density at radius 3 is 2.58 bits per heavy atom. The second-order valence-electron chi connectivity index (χ2n) is 3.43. The first-order chi connectivity index (χ1) is 8.90. The molecule has 0 unspecified atom stereocenters. The summed E-state index contributed by atoms with van der Waals surface area (Å²) in [5.74, 6) is -4.66. The average molecular weight is 270 g/mol. The van der Waals surface area contributed by atoms with Gasteiger partial charge in [0.2, 0.25) is 5.82 Å². The second-order valence-corrected chi connectivity index (χ2v) is 3.43. The van der Waals surface area contributed by atoms with Gasteiger partial charge in [0, 0.05) is 17.7 Å². The molecule has 1 aromatic carbocycles. The predicted octanol–water partition coefficient (Wildman–Crippen LogP) is 2.23. The summed E-state index contributed by atoms with van der Waals surface area (Å²) in [6, 6.07) is 2.32. The number of hydrogen-bond acceptors (Lipinski definition) is 5. The van der Waals surface area contributed by atoms with Gasteiger partial charge in [-0.2, -0.15) is 4.39 Å². The lowest BCUT2D eigenvalue weighted by atomic mass is 10.1. The van der Waals surface area contributed by atoms with Crippen LogP contribution in [0, 0.1) is 21.7 Å². The standard InChI is InChI=1S/C10H4F2N2O5/c11-5-1-4(2-7(9(5)12)14(17)18)8-3-6(10(15)16)13-19-8/h1-3H,(H,15,16). The summed E-state index contributed by atoms with van der Waals surface area (Å²) in [7, 11) is 0. The Bertz CT molecular complexity index is 683. The maximum absolute atomic E-state index is 13.2. The molecule has 1 N–H and O–H groups in total. The molecule has 0 amide bonds. The highest BCUT2D eigenvalue weighted by atomic mass is 19.2. The highest BCUT2D eigenvalue weighted by Crippen LogP contribution is 2.29. The van der Waals surface area contributed by atoms with Crippen molar-refractivity contribution in [2.75, 3.05) is 0 Å². The van der Waals surface area contributed by atoms with Gasteiger partial charge in [0.15, 0.2) is 17.3 Å². The maximum Gasteiger partial charge on any atom is 0.358 e. The topological polar surface area (TPSA) is 106 Å². The number of carbonyl (C=O) groups is 1. The third-order valence-corrected chi connectivity index (χ3v) is 2.22. The van der Waals surface area contributed by atoms with Crippen LogP contribution in [0.4, 0.5) is 14.5 Å². The first kappa shape index (κ1) is 12.6. The summed E-state index contributed by atoms with van der Waals surface area (Å²) >= 11 is 0. The summed E-state index contributed by atoms with van der Waals surface area (Å²) in [5, 5.41) is 22.3. The summed E-state index contributed by atoms with van der Waals surface area (Å²) in [6.07, 6.45) is 0. The molecule has 0 aliphatic carbocycles. The van der Waals surface area contributed by atoms with Gasteiger partial charge >= 0.3 is 11.7 Å². The molecular formula is C10H4F2N2O5. The molecule has 0 bridgehead atoms. The minimum absolute atomic E-state index is 0.189. The molecule has 0 saturated heterocycles. The highest BCUT2D eigenvalue weighted by molar-refractivity contribution is 5.86. The Hall–Kier alpha value is -2.84. The Balaban J connectivity index is 2.56. The zero-order chi connectivity index (χ0) is 14.2. The number of halogens is 2. The van der Waals surface area contributed by atoms with Crippen molar-refractivity contribution in [2.45, 2.75) is 0 Å². The molecule has 0 aliphatic heterocycles. The number of aromatic nitrogens is 1. The van der Waals surface area contributed by atoms with E-state index in [2.05, 4.69) is 9.68 Å². The highest BCUT2D eigenvalue weighted by Gasteiger charge is 2.22. The van der Waals surface area contributed by atoms with Crippen LogP contribution in [0.5, 0.6) is 0 Å². The molecule has 0 spiro atoms. The van der Waals surface area contributed by atoms with Gasteiger partial charge in [0.25, 0.3) is 0 Å². The zero-order valence-corrected chi connectivity index (χ0v) is 8.96. The van der Waals surface area contributed by atoms with Crippen LogP contribution in [0.2, 0.25) is 0 Å². The molecule has 0 radical (unpaired) electrons. The van der Waals surface area contributed by atoms with Gasteiger partial charge < -0.3 is 9.63 Å². The van der Waals surface area contributed by atoms with Crippen LogP contribution < -0.4 is 0 Å². The minimum atomic E-state index is -1.60. The fourth-order valence-corrected chi connectivity index (χ4v) is 1.36. The number of hydrogen-bond donors (Lipinski definition) is 1. The fraction of sp³-hybridized carbons (Fsp3) is 0. The molecule has 9 heteroatoms. The van der Waals surface area contributed by atoms with Crippen molar-refractivity contribution in [2.24, 2.45) is 0 Å². The third-order valence-electron chi connectivity index (χ3n) is 2.22. The van der Waals surface area contributed by atoms with Gasteiger partial charge in [0.05, 0.1) is 4.92 Å². The number of nitro groups is 1. The van der Waals surface area contributed by atoms with E-state index < -0.39 is 33.9 Å². The van der Waals surface area contributed by atoms with E-state index >= 15 is 0 Å². The number of nitro benzene ring substituents is 1. The monoisotopic (exact) mass is 270 g/mol. The molecule has 19 heavy (non-hydrogen) atoms. The van der Waals surface area contributed by atoms with Crippen LogP contribution >= 0.6 is 0 Å². The summed E-state index contributed by atoms with van der Waals surface area (Å²) in [4.78, 5) is 20.0. The lowest BCUT2D eigenvalue weighted by Crippen LogP contribution is -1.96. The maximum atomic E-state index is 13.2. The van der Waals surface area contributed by atoms with Crippen molar-refractivity contribution in [3.05, 3.63) is 45.6 Å². The number of nitrogens with zero attached hydrogens (tertiary/aromatic N) is 2. The van der Waals surface area contributed by atoms with E-state index in [1.807, 2.05) is 0 Å². The van der Waals surface area contributed by atoms with Crippen LogP contribution in [0.1, 0.15) is 10.5 Å². The number of benzene rings is 1. The quantitative estimate of drug-likeness (QED) is 0.676. The lowest BCUT2D eigenvalue weighted by molar-refractivity contribution is -0.387. The van der Waals surface area contributed by atoms with Gasteiger partial charge in [-0.15, -0.1) is 0 Å². The number of carboxylic acid groups (broad SMARTS) is 1. The van der Waals surface area contributed by atoms with E-state index in [4.69, 9.17) is 5.11 Å². The number of rotatable bonds is 3. The minimum Gasteiger partial charge on any atom is -0.476 e. The van der Waals surface area contributed by atoms with E-state index in [9.17, 15) is 23.7 Å². The number of carboxylic acids is 1. The van der Waals surface area contributed by atoms with Crippen molar-refractivity contribution < 1.29 is 28.1 Å². The van der Waals surface area contributed by atoms with Crippen molar-refractivity contribution in [3.63, 3.8) is 0 Å². The van der Waals surface area contributed by atoms with Crippen LogP contribution in [0.25, 0.3) is 11.3 Å². The van der Waals surface area contributed by atoms with Crippen molar-refractivity contribution in [3.8, 4) is 11.3 Å². The lowest BCUT2D eigenvalue weighted by Gasteiger charge is -1.99. The first-order valence-corrected chi connectivity index (χ1v) is 4.74. The van der Waals surface area contributed by atoms with E-state index in [1.54, 1.807) is 0 Å². The fourth-order valence-electron chi connectivity index (χ4n) is 1.36. The van der Waals surface area contributed by atoms with Crippen LogP contribution in [0.15, 0.2) is 22.7 Å². The van der Waals surface area contributed by atoms with Crippen molar-refractivity contribution in [1.82, 2.24) is 5.16 Å². The Morgan fingerprint density at radius 1 is 1.37 bits per heavy atom. The molecule has 2 rings (SSSR count).